The molecule has 3 rings (SSSR count). The Bertz CT molecular complexity index is 913. The Labute approximate surface area is 176 Å². The number of rotatable bonds is 7. The van der Waals surface area contributed by atoms with Crippen LogP contribution in [0.25, 0.3) is 6.08 Å². The average Bonchev–Trinajstić information content (AvgIpc) is 2.70. The average molecular weight is 436 g/mol. The van der Waals surface area contributed by atoms with Crippen LogP contribution >= 0.6 is 15.9 Å². The molecule has 2 aromatic carbocycles. The monoisotopic (exact) mass is 435 g/mol. The van der Waals surface area contributed by atoms with E-state index in [-0.39, 0.29) is 5.78 Å². The fraction of sp³-hybridized carbons (Fsp3) is 0.240. The highest BCUT2D eigenvalue weighted by atomic mass is 79.9. The summed E-state index contributed by atoms with van der Waals surface area (Å²) < 4.78 is 0.996. The highest BCUT2D eigenvalue weighted by Gasteiger charge is 2.32. The largest absolute Gasteiger partial charge is 0.298 e. The summed E-state index contributed by atoms with van der Waals surface area (Å²) in [6.45, 7) is 3.43. The van der Waals surface area contributed by atoms with Gasteiger partial charge in [-0.1, -0.05) is 88.8 Å². The van der Waals surface area contributed by atoms with Gasteiger partial charge in [0.1, 0.15) is 0 Å². The van der Waals surface area contributed by atoms with E-state index in [1.54, 1.807) is 0 Å². The van der Waals surface area contributed by atoms with Crippen LogP contribution in [0.1, 0.15) is 24.5 Å². The molecule has 28 heavy (non-hydrogen) atoms. The maximum atomic E-state index is 13.5. The zero-order valence-electron chi connectivity index (χ0n) is 16.4. The van der Waals surface area contributed by atoms with Gasteiger partial charge in [-0.2, -0.15) is 0 Å². The maximum Gasteiger partial charge on any atom is 0.170 e. The molecule has 0 amide bonds. The Kier molecular flexibility index (Phi) is 6.82. The second-order valence-corrected chi connectivity index (χ2v) is 8.44. The van der Waals surface area contributed by atoms with E-state index in [1.165, 1.54) is 5.56 Å². The second-order valence-electron chi connectivity index (χ2n) is 7.59. The predicted octanol–water partition coefficient (Wildman–Crippen LogP) is 6.06. The minimum atomic E-state index is -0.491. The van der Waals surface area contributed by atoms with Crippen LogP contribution in [0, 0.1) is 5.41 Å². The molecule has 0 heterocycles. The van der Waals surface area contributed by atoms with Crippen molar-refractivity contribution in [2.24, 2.45) is 5.41 Å². The molecule has 0 bridgehead atoms. The molecule has 1 atom stereocenters. The highest BCUT2D eigenvalue weighted by molar-refractivity contribution is 9.10. The standard InChI is InChI=1S/C25H26BrNO/c1-25(15-9-4-10-16-25)24(28)22(17-21-13-7-8-14-23(21)26)19-27(2)18-20-11-5-3-6-12-20/h3-15,17H,16,18-19H2,1-2H3/b22-17+. The molecule has 0 saturated carbocycles. The summed E-state index contributed by atoms with van der Waals surface area (Å²) in [6.07, 6.45) is 10.9. The van der Waals surface area contributed by atoms with Crippen LogP contribution in [0.4, 0.5) is 0 Å². The molecular formula is C25H26BrNO. The topological polar surface area (TPSA) is 20.3 Å². The van der Waals surface area contributed by atoms with Crippen molar-refractivity contribution in [3.05, 3.63) is 100 Å². The Hall–Kier alpha value is -2.23. The van der Waals surface area contributed by atoms with Gasteiger partial charge in [0.15, 0.2) is 5.78 Å². The molecule has 0 N–H and O–H groups in total. The lowest BCUT2D eigenvalue weighted by Crippen LogP contribution is -2.32. The molecule has 0 spiro atoms. The summed E-state index contributed by atoms with van der Waals surface area (Å²) in [5.74, 6) is 0.184. The van der Waals surface area contributed by atoms with Crippen molar-refractivity contribution in [2.45, 2.75) is 19.9 Å². The van der Waals surface area contributed by atoms with E-state index in [0.717, 1.165) is 28.6 Å². The first-order valence-electron chi connectivity index (χ1n) is 9.55. The number of allylic oxidation sites excluding steroid dienone is 4. The van der Waals surface area contributed by atoms with Gasteiger partial charge in [-0.3, -0.25) is 9.69 Å². The molecule has 1 unspecified atom stereocenters. The molecule has 3 heteroatoms. The predicted molar refractivity (Wildman–Crippen MR) is 121 cm³/mol. The fourth-order valence-electron chi connectivity index (χ4n) is 3.47. The molecule has 2 nitrogen and oxygen atoms in total. The van der Waals surface area contributed by atoms with Gasteiger partial charge in [0, 0.05) is 23.1 Å². The first-order valence-corrected chi connectivity index (χ1v) is 10.3. The molecular weight excluding hydrogens is 410 g/mol. The molecule has 0 saturated heterocycles. The minimum Gasteiger partial charge on any atom is -0.298 e. The summed E-state index contributed by atoms with van der Waals surface area (Å²) in [6, 6.07) is 18.4. The van der Waals surface area contributed by atoms with E-state index in [4.69, 9.17) is 0 Å². The van der Waals surface area contributed by atoms with Gasteiger partial charge in [-0.05, 0) is 43.7 Å². The number of ketones is 1. The molecule has 1 aliphatic rings. The van der Waals surface area contributed by atoms with Crippen LogP contribution in [-0.2, 0) is 11.3 Å². The number of likely N-dealkylation sites (N-methyl/N-ethyl adjacent to an activating group) is 1. The number of benzene rings is 2. The highest BCUT2D eigenvalue weighted by Crippen LogP contribution is 2.32. The van der Waals surface area contributed by atoms with E-state index in [9.17, 15) is 4.79 Å². The van der Waals surface area contributed by atoms with Crippen molar-refractivity contribution in [3.8, 4) is 0 Å². The Morgan fingerprint density at radius 1 is 1.11 bits per heavy atom. The lowest BCUT2D eigenvalue weighted by Gasteiger charge is -2.28. The van der Waals surface area contributed by atoms with Gasteiger partial charge in [-0.25, -0.2) is 0 Å². The minimum absolute atomic E-state index is 0.184. The van der Waals surface area contributed by atoms with Crippen molar-refractivity contribution in [1.82, 2.24) is 4.90 Å². The first-order chi connectivity index (χ1) is 13.5. The van der Waals surface area contributed by atoms with Crippen molar-refractivity contribution in [2.75, 3.05) is 13.6 Å². The van der Waals surface area contributed by atoms with E-state index in [2.05, 4.69) is 46.1 Å². The Morgan fingerprint density at radius 3 is 2.50 bits per heavy atom. The summed E-state index contributed by atoms with van der Waals surface area (Å²) in [4.78, 5) is 15.7. The number of Topliss-reactive ketones (excluding diaryl/α,β-unsaturated/α-hetero) is 1. The first kappa shape index (κ1) is 20.5. The van der Waals surface area contributed by atoms with Crippen LogP contribution in [-0.4, -0.2) is 24.3 Å². The van der Waals surface area contributed by atoms with E-state index >= 15 is 0 Å². The molecule has 0 aromatic heterocycles. The third-order valence-electron chi connectivity index (χ3n) is 5.03. The van der Waals surface area contributed by atoms with Crippen LogP contribution in [0.2, 0.25) is 0 Å². The second kappa shape index (κ2) is 9.31. The molecule has 1 aliphatic carbocycles. The molecule has 0 fully saturated rings. The van der Waals surface area contributed by atoms with Crippen molar-refractivity contribution >= 4 is 27.8 Å². The van der Waals surface area contributed by atoms with Crippen molar-refractivity contribution in [3.63, 3.8) is 0 Å². The van der Waals surface area contributed by atoms with E-state index in [0.29, 0.717) is 6.54 Å². The van der Waals surface area contributed by atoms with Crippen LogP contribution in [0.15, 0.2) is 88.9 Å². The fourth-order valence-corrected chi connectivity index (χ4v) is 3.87. The van der Waals surface area contributed by atoms with Gasteiger partial charge in [0.05, 0.1) is 5.41 Å². The number of hydrogen-bond acceptors (Lipinski definition) is 2. The SMILES string of the molecule is CN(C/C(=C\c1ccccc1Br)C(=O)C1(C)C=CC=CC1)Cc1ccccc1. The lowest BCUT2D eigenvalue weighted by atomic mass is 9.76. The van der Waals surface area contributed by atoms with Crippen molar-refractivity contribution < 1.29 is 4.79 Å². The van der Waals surface area contributed by atoms with Crippen LogP contribution < -0.4 is 0 Å². The number of nitrogens with zero attached hydrogens (tertiary/aromatic N) is 1. The molecule has 0 aliphatic heterocycles. The summed E-state index contributed by atoms with van der Waals surface area (Å²) in [7, 11) is 2.06. The van der Waals surface area contributed by atoms with E-state index in [1.807, 2.05) is 73.7 Å². The normalized spacial score (nSPS) is 19.2. The summed E-state index contributed by atoms with van der Waals surface area (Å²) >= 11 is 3.61. The molecule has 0 radical (unpaired) electrons. The number of hydrogen-bond donors (Lipinski definition) is 0. The summed E-state index contributed by atoms with van der Waals surface area (Å²) in [5.41, 5.74) is 2.60. The quantitative estimate of drug-likeness (QED) is 0.492. The maximum absolute atomic E-state index is 13.5. The third kappa shape index (κ3) is 5.18. The zero-order chi connectivity index (χ0) is 20.0. The Morgan fingerprint density at radius 2 is 1.82 bits per heavy atom. The van der Waals surface area contributed by atoms with Gasteiger partial charge in [0.2, 0.25) is 0 Å². The van der Waals surface area contributed by atoms with Crippen molar-refractivity contribution in [1.29, 1.82) is 0 Å². The van der Waals surface area contributed by atoms with Gasteiger partial charge in [-0.15, -0.1) is 0 Å². The number of carbonyl (C=O) groups is 1. The molecule has 144 valence electrons. The Balaban J connectivity index is 1.88. The van der Waals surface area contributed by atoms with E-state index < -0.39 is 5.41 Å². The number of halogens is 1. The lowest BCUT2D eigenvalue weighted by molar-refractivity contribution is -0.122. The zero-order valence-corrected chi connectivity index (χ0v) is 18.0. The van der Waals surface area contributed by atoms with Gasteiger partial charge >= 0.3 is 0 Å². The van der Waals surface area contributed by atoms with Gasteiger partial charge < -0.3 is 0 Å². The summed E-state index contributed by atoms with van der Waals surface area (Å²) in [5, 5.41) is 0. The van der Waals surface area contributed by atoms with Crippen LogP contribution in [0.3, 0.4) is 0 Å². The van der Waals surface area contributed by atoms with Crippen LogP contribution in [0.5, 0.6) is 0 Å². The molecule has 2 aromatic rings. The number of carbonyl (C=O) groups excluding carboxylic acids is 1. The van der Waals surface area contributed by atoms with Gasteiger partial charge in [0.25, 0.3) is 0 Å². The smallest absolute Gasteiger partial charge is 0.170 e. The third-order valence-corrected chi connectivity index (χ3v) is 5.76.